The van der Waals surface area contributed by atoms with Crippen LogP contribution in [-0.4, -0.2) is 11.0 Å². The van der Waals surface area contributed by atoms with Gasteiger partial charge >= 0.3 is 0 Å². The largest absolute Gasteiger partial charge is 0.388 e. The highest BCUT2D eigenvalue weighted by atomic mass is 35.5. The summed E-state index contributed by atoms with van der Waals surface area (Å²) in [5.41, 5.74) is 5.58. The molecule has 70 valence electrons. The first-order valence-corrected chi connectivity index (χ1v) is 4.19. The molecule has 1 aromatic carbocycles. The number of aliphatic hydroxyl groups excluding tert-OH is 1. The van der Waals surface area contributed by atoms with Gasteiger partial charge in [0.25, 0.3) is 0 Å². The zero-order valence-electron chi connectivity index (χ0n) is 6.90. The summed E-state index contributed by atoms with van der Waals surface area (Å²) in [6, 6.07) is 6.63. The van der Waals surface area contributed by atoms with Crippen LogP contribution in [0.3, 0.4) is 0 Å². The lowest BCUT2D eigenvalue weighted by Crippen LogP contribution is -2.14. The van der Waals surface area contributed by atoms with E-state index < -0.39 is 12.0 Å². The topological polar surface area (TPSA) is 63.3 Å². The molecule has 0 fully saturated rings. The quantitative estimate of drug-likeness (QED) is 0.770. The van der Waals surface area contributed by atoms with Crippen molar-refractivity contribution < 1.29 is 9.90 Å². The molecule has 0 unspecified atom stereocenters. The van der Waals surface area contributed by atoms with Gasteiger partial charge in [-0.2, -0.15) is 0 Å². The van der Waals surface area contributed by atoms with Crippen molar-refractivity contribution in [1.82, 2.24) is 0 Å². The molecule has 4 heteroatoms. The highest BCUT2D eigenvalue weighted by molar-refractivity contribution is 6.30. The van der Waals surface area contributed by atoms with Crippen LogP contribution in [0.4, 0.5) is 0 Å². The second-order valence-electron chi connectivity index (χ2n) is 2.74. The van der Waals surface area contributed by atoms with Crippen LogP contribution in [-0.2, 0) is 4.79 Å². The Balaban J connectivity index is 2.71. The van der Waals surface area contributed by atoms with Gasteiger partial charge in [0, 0.05) is 5.02 Å². The maximum Gasteiger partial charge on any atom is 0.220 e. The zero-order chi connectivity index (χ0) is 9.84. The molecule has 0 bridgehead atoms. The molecule has 3 N–H and O–H groups in total. The zero-order valence-corrected chi connectivity index (χ0v) is 7.66. The van der Waals surface area contributed by atoms with Crippen LogP contribution in [0.2, 0.25) is 5.02 Å². The summed E-state index contributed by atoms with van der Waals surface area (Å²) < 4.78 is 0. The molecule has 0 spiro atoms. The van der Waals surface area contributed by atoms with E-state index in [9.17, 15) is 9.90 Å². The van der Waals surface area contributed by atoms with Crippen molar-refractivity contribution in [3.8, 4) is 0 Å². The van der Waals surface area contributed by atoms with E-state index in [0.29, 0.717) is 10.6 Å². The predicted octanol–water partition coefficient (Wildman–Crippen LogP) is 1.25. The molecule has 0 aliphatic heterocycles. The average molecular weight is 200 g/mol. The Labute approximate surface area is 81.1 Å². The van der Waals surface area contributed by atoms with Crippen molar-refractivity contribution in [2.45, 2.75) is 12.5 Å². The van der Waals surface area contributed by atoms with E-state index in [0.717, 1.165) is 0 Å². The molecule has 0 aromatic heterocycles. The highest BCUT2D eigenvalue weighted by Crippen LogP contribution is 2.18. The number of rotatable bonds is 3. The number of carbonyl (C=O) groups excluding carboxylic acids is 1. The average Bonchev–Trinajstić information content (AvgIpc) is 2.04. The maximum atomic E-state index is 10.5. The summed E-state index contributed by atoms with van der Waals surface area (Å²) in [4.78, 5) is 10.5. The second-order valence-corrected chi connectivity index (χ2v) is 3.17. The highest BCUT2D eigenvalue weighted by Gasteiger charge is 2.09. The summed E-state index contributed by atoms with van der Waals surface area (Å²) >= 11 is 5.65. The lowest BCUT2D eigenvalue weighted by atomic mass is 10.1. The minimum atomic E-state index is -0.838. The number of nitrogens with two attached hydrogens (primary N) is 1. The molecule has 0 aliphatic rings. The number of aliphatic hydroxyl groups is 1. The first kappa shape index (κ1) is 10.0. The fraction of sp³-hybridized carbons (Fsp3) is 0.222. The van der Waals surface area contributed by atoms with E-state index in [1.54, 1.807) is 24.3 Å². The van der Waals surface area contributed by atoms with Crippen molar-refractivity contribution in [2.75, 3.05) is 0 Å². The molecule has 1 rings (SSSR count). The van der Waals surface area contributed by atoms with Gasteiger partial charge in [-0.05, 0) is 17.7 Å². The third kappa shape index (κ3) is 3.05. The van der Waals surface area contributed by atoms with E-state index in [1.807, 2.05) is 0 Å². The molecular formula is C9H10ClNO2. The molecule has 0 radical (unpaired) electrons. The first-order valence-electron chi connectivity index (χ1n) is 3.81. The van der Waals surface area contributed by atoms with Crippen molar-refractivity contribution in [2.24, 2.45) is 5.73 Å². The summed E-state index contributed by atoms with van der Waals surface area (Å²) in [6.45, 7) is 0. The fourth-order valence-corrected chi connectivity index (χ4v) is 1.12. The second kappa shape index (κ2) is 4.25. The number of halogens is 1. The van der Waals surface area contributed by atoms with Gasteiger partial charge in [-0.3, -0.25) is 4.79 Å². The third-order valence-corrected chi connectivity index (χ3v) is 1.90. The minimum Gasteiger partial charge on any atom is -0.388 e. The van der Waals surface area contributed by atoms with Gasteiger partial charge in [-0.1, -0.05) is 23.7 Å². The van der Waals surface area contributed by atoms with Crippen molar-refractivity contribution in [3.63, 3.8) is 0 Å². The van der Waals surface area contributed by atoms with Crippen molar-refractivity contribution >= 4 is 17.5 Å². The van der Waals surface area contributed by atoms with Gasteiger partial charge in [0.05, 0.1) is 12.5 Å². The summed E-state index contributed by atoms with van der Waals surface area (Å²) in [5, 5.41) is 10.0. The number of benzene rings is 1. The summed E-state index contributed by atoms with van der Waals surface area (Å²) in [6.07, 6.45) is -0.906. The van der Waals surface area contributed by atoms with Gasteiger partial charge in [0.2, 0.25) is 5.91 Å². The van der Waals surface area contributed by atoms with E-state index in [4.69, 9.17) is 17.3 Å². The van der Waals surface area contributed by atoms with E-state index in [1.165, 1.54) is 0 Å². The maximum absolute atomic E-state index is 10.5. The Hall–Kier alpha value is -1.06. The number of primary amides is 1. The minimum absolute atomic E-state index is 0.0678. The molecule has 0 saturated heterocycles. The molecule has 1 amide bonds. The Bertz CT molecular complexity index is 297. The number of carbonyl (C=O) groups is 1. The van der Waals surface area contributed by atoms with Gasteiger partial charge < -0.3 is 10.8 Å². The molecular weight excluding hydrogens is 190 g/mol. The van der Waals surface area contributed by atoms with Gasteiger partial charge in [-0.15, -0.1) is 0 Å². The standard InChI is InChI=1S/C9H10ClNO2/c10-7-3-1-6(2-4-7)8(12)5-9(11)13/h1-4,8,12H,5H2,(H2,11,13)/t8-/m0/s1. The molecule has 1 aromatic rings. The van der Waals surface area contributed by atoms with Gasteiger partial charge in [0.15, 0.2) is 0 Å². The summed E-state index contributed by atoms with van der Waals surface area (Å²) in [7, 11) is 0. The Morgan fingerprint density at radius 1 is 1.46 bits per heavy atom. The normalized spacial score (nSPS) is 12.5. The van der Waals surface area contributed by atoms with Crippen LogP contribution in [0.1, 0.15) is 18.1 Å². The Morgan fingerprint density at radius 3 is 2.46 bits per heavy atom. The van der Waals surface area contributed by atoms with Gasteiger partial charge in [0.1, 0.15) is 0 Å². The molecule has 0 aliphatic carbocycles. The monoisotopic (exact) mass is 199 g/mol. The molecule has 13 heavy (non-hydrogen) atoms. The first-order chi connectivity index (χ1) is 6.09. The van der Waals surface area contributed by atoms with Crippen LogP contribution >= 0.6 is 11.6 Å². The molecule has 1 atom stereocenters. The smallest absolute Gasteiger partial charge is 0.220 e. The number of hydrogen-bond donors (Lipinski definition) is 2. The summed E-state index contributed by atoms with van der Waals surface area (Å²) in [5.74, 6) is -0.526. The van der Waals surface area contributed by atoms with Crippen LogP contribution < -0.4 is 5.73 Å². The van der Waals surface area contributed by atoms with Gasteiger partial charge in [-0.25, -0.2) is 0 Å². The molecule has 3 nitrogen and oxygen atoms in total. The van der Waals surface area contributed by atoms with E-state index in [-0.39, 0.29) is 6.42 Å². The molecule has 0 heterocycles. The SMILES string of the molecule is NC(=O)C[C@H](O)c1ccc(Cl)cc1. The van der Waals surface area contributed by atoms with Crippen LogP contribution in [0.5, 0.6) is 0 Å². The number of amides is 1. The Morgan fingerprint density at radius 2 is 2.00 bits per heavy atom. The number of hydrogen-bond acceptors (Lipinski definition) is 2. The van der Waals surface area contributed by atoms with Crippen molar-refractivity contribution in [3.05, 3.63) is 34.9 Å². The lowest BCUT2D eigenvalue weighted by Gasteiger charge is -2.07. The molecule has 0 saturated carbocycles. The van der Waals surface area contributed by atoms with E-state index >= 15 is 0 Å². The fourth-order valence-electron chi connectivity index (χ4n) is 0.993. The predicted molar refractivity (Wildman–Crippen MR) is 50.2 cm³/mol. The van der Waals surface area contributed by atoms with Crippen molar-refractivity contribution in [1.29, 1.82) is 0 Å². The Kier molecular flexibility index (Phi) is 3.28. The van der Waals surface area contributed by atoms with Crippen LogP contribution in [0.15, 0.2) is 24.3 Å². The lowest BCUT2D eigenvalue weighted by molar-refractivity contribution is -0.119. The van der Waals surface area contributed by atoms with E-state index in [2.05, 4.69) is 0 Å². The third-order valence-electron chi connectivity index (χ3n) is 1.65. The van der Waals surface area contributed by atoms with Crippen LogP contribution in [0.25, 0.3) is 0 Å². The van der Waals surface area contributed by atoms with Crippen LogP contribution in [0, 0.1) is 0 Å².